The van der Waals surface area contributed by atoms with Gasteiger partial charge in [0.2, 0.25) is 0 Å². The third-order valence-corrected chi connectivity index (χ3v) is 6.33. The Labute approximate surface area is 96.6 Å². The summed E-state index contributed by atoms with van der Waals surface area (Å²) >= 11 is 1.77. The standard InChI is InChI=1S/C10H20O3S2/c1-3-15(12,13)8-4-5-10(11)6-7-14-9(10)2/h9,11H,3-8H2,1-2H3. The van der Waals surface area contributed by atoms with Crippen molar-refractivity contribution in [2.45, 2.75) is 44.0 Å². The molecule has 0 bridgehead atoms. The van der Waals surface area contributed by atoms with E-state index >= 15 is 0 Å². The van der Waals surface area contributed by atoms with Gasteiger partial charge in [0.1, 0.15) is 9.84 Å². The summed E-state index contributed by atoms with van der Waals surface area (Å²) in [4.78, 5) is 0. The lowest BCUT2D eigenvalue weighted by atomic mass is 9.92. The van der Waals surface area contributed by atoms with Crippen molar-refractivity contribution in [3.05, 3.63) is 0 Å². The normalized spacial score (nSPS) is 32.1. The van der Waals surface area contributed by atoms with Gasteiger partial charge in [0.15, 0.2) is 0 Å². The number of hydrogen-bond donors (Lipinski definition) is 1. The molecule has 1 fully saturated rings. The van der Waals surface area contributed by atoms with Crippen LogP contribution in [0.5, 0.6) is 0 Å². The van der Waals surface area contributed by atoms with Crippen LogP contribution >= 0.6 is 11.8 Å². The molecule has 1 N–H and O–H groups in total. The number of thioether (sulfide) groups is 1. The molecule has 1 rings (SSSR count). The van der Waals surface area contributed by atoms with E-state index in [9.17, 15) is 13.5 Å². The van der Waals surface area contributed by atoms with Crippen LogP contribution < -0.4 is 0 Å². The molecule has 15 heavy (non-hydrogen) atoms. The molecule has 0 saturated carbocycles. The third kappa shape index (κ3) is 3.64. The van der Waals surface area contributed by atoms with Crippen LogP contribution in [0.3, 0.4) is 0 Å². The molecule has 1 aliphatic rings. The van der Waals surface area contributed by atoms with E-state index in [2.05, 4.69) is 0 Å². The van der Waals surface area contributed by atoms with Crippen LogP contribution in [0.2, 0.25) is 0 Å². The van der Waals surface area contributed by atoms with Gasteiger partial charge < -0.3 is 5.11 Å². The lowest BCUT2D eigenvalue weighted by Crippen LogP contribution is -2.34. The van der Waals surface area contributed by atoms with Gasteiger partial charge >= 0.3 is 0 Å². The SMILES string of the molecule is CCS(=O)(=O)CCCC1(O)CCSC1C. The molecule has 0 radical (unpaired) electrons. The van der Waals surface area contributed by atoms with Gasteiger partial charge in [-0.15, -0.1) is 0 Å². The van der Waals surface area contributed by atoms with Crippen LogP contribution in [0.1, 0.15) is 33.1 Å². The molecule has 0 aromatic heterocycles. The van der Waals surface area contributed by atoms with Crippen LogP contribution in [0, 0.1) is 0 Å². The Balaban J connectivity index is 2.37. The van der Waals surface area contributed by atoms with E-state index in [1.54, 1.807) is 18.7 Å². The first-order chi connectivity index (χ1) is 6.90. The van der Waals surface area contributed by atoms with Gasteiger partial charge in [0.05, 0.1) is 11.4 Å². The Hall–Kier alpha value is 0.260. The van der Waals surface area contributed by atoms with E-state index in [4.69, 9.17) is 0 Å². The molecule has 0 aromatic carbocycles. The summed E-state index contributed by atoms with van der Waals surface area (Å²) in [6, 6.07) is 0. The topological polar surface area (TPSA) is 54.4 Å². The zero-order valence-corrected chi connectivity index (χ0v) is 11.0. The Kier molecular flexibility index (Phi) is 4.50. The van der Waals surface area contributed by atoms with Crippen molar-refractivity contribution in [1.29, 1.82) is 0 Å². The quantitative estimate of drug-likeness (QED) is 0.805. The molecule has 3 nitrogen and oxygen atoms in total. The van der Waals surface area contributed by atoms with Crippen molar-refractivity contribution in [1.82, 2.24) is 0 Å². The van der Waals surface area contributed by atoms with Gasteiger partial charge in [-0.25, -0.2) is 8.42 Å². The molecule has 0 aliphatic carbocycles. The monoisotopic (exact) mass is 252 g/mol. The van der Waals surface area contributed by atoms with E-state index < -0.39 is 15.4 Å². The van der Waals surface area contributed by atoms with Crippen molar-refractivity contribution in [3.63, 3.8) is 0 Å². The molecule has 5 heteroatoms. The lowest BCUT2D eigenvalue weighted by molar-refractivity contribution is 0.0367. The maximum Gasteiger partial charge on any atom is 0.150 e. The van der Waals surface area contributed by atoms with Crippen molar-refractivity contribution in [2.24, 2.45) is 0 Å². The molecule has 2 unspecified atom stereocenters. The van der Waals surface area contributed by atoms with Crippen LogP contribution in [0.15, 0.2) is 0 Å². The van der Waals surface area contributed by atoms with E-state index in [1.165, 1.54) is 0 Å². The summed E-state index contributed by atoms with van der Waals surface area (Å²) in [6.45, 7) is 3.68. The molecule has 0 aromatic rings. The minimum atomic E-state index is -2.87. The average Bonchev–Trinajstić information content (AvgIpc) is 2.47. The summed E-state index contributed by atoms with van der Waals surface area (Å²) in [5.41, 5.74) is -0.631. The predicted octanol–water partition coefficient (Wildman–Crippen LogP) is 1.46. The first-order valence-corrected chi connectivity index (χ1v) is 8.31. The second kappa shape index (κ2) is 5.06. The third-order valence-electron chi connectivity index (χ3n) is 3.16. The van der Waals surface area contributed by atoms with Gasteiger partial charge in [-0.05, 0) is 25.0 Å². The van der Waals surface area contributed by atoms with Crippen LogP contribution in [-0.4, -0.2) is 41.6 Å². The van der Waals surface area contributed by atoms with Gasteiger partial charge in [0, 0.05) is 11.0 Å². The second-order valence-corrected chi connectivity index (χ2v) is 8.13. The number of hydrogen-bond acceptors (Lipinski definition) is 4. The summed E-state index contributed by atoms with van der Waals surface area (Å²) < 4.78 is 22.5. The minimum absolute atomic E-state index is 0.204. The van der Waals surface area contributed by atoms with Crippen molar-refractivity contribution in [3.8, 4) is 0 Å². The van der Waals surface area contributed by atoms with E-state index in [-0.39, 0.29) is 16.8 Å². The van der Waals surface area contributed by atoms with E-state index in [0.29, 0.717) is 12.8 Å². The van der Waals surface area contributed by atoms with Crippen LogP contribution in [-0.2, 0) is 9.84 Å². The Morgan fingerprint density at radius 2 is 2.20 bits per heavy atom. The maximum atomic E-state index is 11.3. The Morgan fingerprint density at radius 3 is 2.67 bits per heavy atom. The zero-order chi connectivity index (χ0) is 11.5. The first-order valence-electron chi connectivity index (χ1n) is 5.44. The van der Waals surface area contributed by atoms with Gasteiger partial charge in [0.25, 0.3) is 0 Å². The highest BCUT2D eigenvalue weighted by atomic mass is 32.2. The molecular weight excluding hydrogens is 232 g/mol. The summed E-state index contributed by atoms with van der Waals surface area (Å²) in [7, 11) is -2.87. The fourth-order valence-electron chi connectivity index (χ4n) is 1.84. The van der Waals surface area contributed by atoms with Crippen LogP contribution in [0.25, 0.3) is 0 Å². The summed E-state index contributed by atoms with van der Waals surface area (Å²) in [6.07, 6.45) is 1.99. The smallest absolute Gasteiger partial charge is 0.150 e. The van der Waals surface area contributed by atoms with Gasteiger partial charge in [-0.3, -0.25) is 0 Å². The predicted molar refractivity (Wildman–Crippen MR) is 65.0 cm³/mol. The molecule has 0 spiro atoms. The second-order valence-electron chi connectivity index (χ2n) is 4.21. The summed E-state index contributed by atoms with van der Waals surface area (Å²) in [5.74, 6) is 1.40. The number of rotatable bonds is 5. The van der Waals surface area contributed by atoms with Crippen molar-refractivity contribution in [2.75, 3.05) is 17.3 Å². The maximum absolute atomic E-state index is 11.3. The van der Waals surface area contributed by atoms with Gasteiger partial charge in [-0.2, -0.15) is 11.8 Å². The first kappa shape index (κ1) is 13.3. The molecule has 2 atom stereocenters. The molecule has 1 aliphatic heterocycles. The number of aliphatic hydroxyl groups is 1. The van der Waals surface area contributed by atoms with Crippen LogP contribution in [0.4, 0.5) is 0 Å². The molecule has 1 saturated heterocycles. The van der Waals surface area contributed by atoms with Crippen molar-refractivity contribution >= 4 is 21.6 Å². The fraction of sp³-hybridized carbons (Fsp3) is 1.00. The highest BCUT2D eigenvalue weighted by Gasteiger charge is 2.38. The molecular formula is C10H20O3S2. The molecule has 90 valence electrons. The zero-order valence-electron chi connectivity index (χ0n) is 9.40. The lowest BCUT2D eigenvalue weighted by Gasteiger charge is -2.26. The van der Waals surface area contributed by atoms with E-state index in [1.807, 2.05) is 6.92 Å². The Morgan fingerprint density at radius 1 is 1.53 bits per heavy atom. The van der Waals surface area contributed by atoms with Gasteiger partial charge in [-0.1, -0.05) is 13.8 Å². The number of sulfone groups is 1. The average molecular weight is 252 g/mol. The highest BCUT2D eigenvalue weighted by Crippen LogP contribution is 2.38. The van der Waals surface area contributed by atoms with Crippen molar-refractivity contribution < 1.29 is 13.5 Å². The highest BCUT2D eigenvalue weighted by molar-refractivity contribution is 8.00. The molecule has 0 amide bonds. The minimum Gasteiger partial charge on any atom is -0.389 e. The Bertz CT molecular complexity index is 300. The largest absolute Gasteiger partial charge is 0.389 e. The molecule has 1 heterocycles. The fourth-order valence-corrected chi connectivity index (χ4v) is 4.09. The van der Waals surface area contributed by atoms with E-state index in [0.717, 1.165) is 12.2 Å². The summed E-state index contributed by atoms with van der Waals surface area (Å²) in [5, 5.41) is 10.5.